The number of amides is 1. The Labute approximate surface area is 77.2 Å². The molecule has 1 rings (SSSR count). The van der Waals surface area contributed by atoms with Crippen LogP contribution in [0.25, 0.3) is 0 Å². The van der Waals surface area contributed by atoms with E-state index in [1.807, 2.05) is 18.2 Å². The lowest BCUT2D eigenvalue weighted by molar-refractivity contribution is -0.131. The fourth-order valence-corrected chi connectivity index (χ4v) is 0.945. The van der Waals surface area contributed by atoms with Gasteiger partial charge in [0.25, 0.3) is 0 Å². The van der Waals surface area contributed by atoms with Crippen LogP contribution in [0, 0.1) is 6.42 Å². The average molecular weight is 178 g/mol. The summed E-state index contributed by atoms with van der Waals surface area (Å²) in [6, 6.07) is 9.08. The maximum atomic E-state index is 10.8. The molecule has 1 aromatic rings. The van der Waals surface area contributed by atoms with Crippen molar-refractivity contribution in [3.05, 3.63) is 42.3 Å². The third-order valence-electron chi connectivity index (χ3n) is 1.75. The molecule has 0 aromatic heterocycles. The molecule has 0 unspecified atom stereocenters. The molecule has 1 radical (unpaired) electrons. The Balaban J connectivity index is 2.75. The predicted octanol–water partition coefficient (Wildman–Crippen LogP) is 0.475. The third-order valence-corrected chi connectivity index (χ3v) is 1.75. The van der Waals surface area contributed by atoms with E-state index in [0.717, 1.165) is 5.56 Å². The molecule has 0 fully saturated rings. The molecular weight excluding hydrogens is 166 g/mol. The van der Waals surface area contributed by atoms with Crippen LogP contribution in [0.15, 0.2) is 30.3 Å². The molecule has 0 heterocycles. The molecule has 13 heavy (non-hydrogen) atoms. The van der Waals surface area contributed by atoms with Crippen LogP contribution < -0.4 is 5.73 Å². The molecule has 1 atom stereocenters. The van der Waals surface area contributed by atoms with Gasteiger partial charge in [0, 0.05) is 6.42 Å². The number of rotatable bonds is 3. The molecular formula is C10H12NO2. The molecule has 1 amide bonds. The van der Waals surface area contributed by atoms with Gasteiger partial charge in [-0.15, -0.1) is 0 Å². The molecule has 0 aliphatic carbocycles. The molecule has 0 bridgehead atoms. The lowest BCUT2D eigenvalue weighted by atomic mass is 9.96. The van der Waals surface area contributed by atoms with Gasteiger partial charge in [0.05, 0.1) is 0 Å². The number of benzene rings is 1. The molecule has 3 nitrogen and oxygen atoms in total. The second-order valence-corrected chi connectivity index (χ2v) is 3.07. The lowest BCUT2D eigenvalue weighted by Crippen LogP contribution is -2.41. The molecule has 0 saturated carbocycles. The smallest absolute Gasteiger partial charge is 0.249 e. The first-order chi connectivity index (χ1) is 6.02. The zero-order valence-electron chi connectivity index (χ0n) is 7.40. The summed E-state index contributed by atoms with van der Waals surface area (Å²) in [6.45, 7) is 1.36. The highest BCUT2D eigenvalue weighted by Gasteiger charge is 2.27. The van der Waals surface area contributed by atoms with E-state index in [1.165, 1.54) is 13.3 Å². The molecule has 1 aromatic carbocycles. The minimum Gasteiger partial charge on any atom is -0.380 e. The number of hydrogen-bond acceptors (Lipinski definition) is 2. The predicted molar refractivity (Wildman–Crippen MR) is 49.7 cm³/mol. The summed E-state index contributed by atoms with van der Waals surface area (Å²) >= 11 is 0. The van der Waals surface area contributed by atoms with Crippen molar-refractivity contribution in [2.45, 2.75) is 12.5 Å². The number of primary amides is 1. The normalized spacial score (nSPS) is 14.9. The Hall–Kier alpha value is -1.35. The van der Waals surface area contributed by atoms with E-state index in [9.17, 15) is 9.90 Å². The first-order valence-corrected chi connectivity index (χ1v) is 3.95. The van der Waals surface area contributed by atoms with Crippen molar-refractivity contribution in [1.82, 2.24) is 0 Å². The molecule has 0 saturated heterocycles. The zero-order chi connectivity index (χ0) is 9.90. The standard InChI is InChI=1S/C10H12NO2/c1-10(13,9(11)12)7-8-5-3-2-4-6-8/h2-7,13H,1H3,(H2,11,12)/t10-/m0/s1. The molecule has 69 valence electrons. The van der Waals surface area contributed by atoms with E-state index in [4.69, 9.17) is 5.73 Å². The van der Waals surface area contributed by atoms with E-state index < -0.39 is 11.5 Å². The van der Waals surface area contributed by atoms with Gasteiger partial charge in [0.1, 0.15) is 5.60 Å². The van der Waals surface area contributed by atoms with Crippen molar-refractivity contribution in [2.24, 2.45) is 5.73 Å². The summed E-state index contributed by atoms with van der Waals surface area (Å²) < 4.78 is 0. The van der Waals surface area contributed by atoms with Gasteiger partial charge < -0.3 is 10.8 Å². The van der Waals surface area contributed by atoms with Crippen molar-refractivity contribution < 1.29 is 9.90 Å². The Kier molecular flexibility index (Phi) is 2.68. The third kappa shape index (κ3) is 2.56. The summed E-state index contributed by atoms with van der Waals surface area (Å²) in [6.07, 6.45) is 1.43. The minimum absolute atomic E-state index is 0.753. The highest BCUT2D eigenvalue weighted by atomic mass is 16.3. The van der Waals surface area contributed by atoms with E-state index in [2.05, 4.69) is 0 Å². The summed E-state index contributed by atoms with van der Waals surface area (Å²) in [5, 5.41) is 9.52. The first kappa shape index (κ1) is 9.74. The van der Waals surface area contributed by atoms with Crippen LogP contribution in [0.5, 0.6) is 0 Å². The fraction of sp³-hybridized carbons (Fsp3) is 0.200. The van der Waals surface area contributed by atoms with E-state index in [1.54, 1.807) is 12.1 Å². The van der Waals surface area contributed by atoms with Crippen molar-refractivity contribution in [3.8, 4) is 0 Å². The van der Waals surface area contributed by atoms with Crippen LogP contribution in [0.1, 0.15) is 12.5 Å². The van der Waals surface area contributed by atoms with E-state index in [0.29, 0.717) is 0 Å². The van der Waals surface area contributed by atoms with Gasteiger partial charge in [-0.2, -0.15) is 0 Å². The van der Waals surface area contributed by atoms with Gasteiger partial charge in [-0.1, -0.05) is 30.3 Å². The van der Waals surface area contributed by atoms with E-state index in [-0.39, 0.29) is 0 Å². The molecule has 0 spiro atoms. The van der Waals surface area contributed by atoms with Gasteiger partial charge in [0.2, 0.25) is 5.91 Å². The fourth-order valence-electron chi connectivity index (χ4n) is 0.945. The van der Waals surface area contributed by atoms with Crippen LogP contribution in [0.3, 0.4) is 0 Å². The number of aliphatic hydroxyl groups is 1. The largest absolute Gasteiger partial charge is 0.380 e. The van der Waals surface area contributed by atoms with Gasteiger partial charge in [0.15, 0.2) is 0 Å². The van der Waals surface area contributed by atoms with Gasteiger partial charge >= 0.3 is 0 Å². The average Bonchev–Trinajstić information content (AvgIpc) is 2.05. The van der Waals surface area contributed by atoms with Crippen molar-refractivity contribution in [3.63, 3.8) is 0 Å². The van der Waals surface area contributed by atoms with E-state index >= 15 is 0 Å². The monoisotopic (exact) mass is 178 g/mol. The highest BCUT2D eigenvalue weighted by Crippen LogP contribution is 2.14. The van der Waals surface area contributed by atoms with Crippen LogP contribution >= 0.6 is 0 Å². The highest BCUT2D eigenvalue weighted by molar-refractivity contribution is 5.85. The minimum atomic E-state index is -1.58. The second kappa shape index (κ2) is 3.58. The summed E-state index contributed by atoms with van der Waals surface area (Å²) in [4.78, 5) is 10.8. The molecule has 0 aliphatic heterocycles. The Bertz CT molecular complexity index is 293. The van der Waals surface area contributed by atoms with Gasteiger partial charge in [-0.3, -0.25) is 4.79 Å². The number of carbonyl (C=O) groups excluding carboxylic acids is 1. The Morgan fingerprint density at radius 3 is 2.46 bits per heavy atom. The van der Waals surface area contributed by atoms with Crippen molar-refractivity contribution in [1.29, 1.82) is 0 Å². The number of hydrogen-bond donors (Lipinski definition) is 2. The topological polar surface area (TPSA) is 63.3 Å². The lowest BCUT2D eigenvalue weighted by Gasteiger charge is -2.18. The van der Waals surface area contributed by atoms with Crippen molar-refractivity contribution in [2.75, 3.05) is 0 Å². The summed E-state index contributed by atoms with van der Waals surface area (Å²) in [5.74, 6) is -0.753. The van der Waals surface area contributed by atoms with Crippen LogP contribution in [-0.4, -0.2) is 16.6 Å². The zero-order valence-corrected chi connectivity index (χ0v) is 7.40. The Morgan fingerprint density at radius 2 is 2.00 bits per heavy atom. The molecule has 3 N–H and O–H groups in total. The quantitative estimate of drug-likeness (QED) is 0.707. The number of nitrogens with two attached hydrogens (primary N) is 1. The van der Waals surface area contributed by atoms with Crippen LogP contribution in [-0.2, 0) is 4.79 Å². The van der Waals surface area contributed by atoms with Gasteiger partial charge in [-0.05, 0) is 12.5 Å². The summed E-state index contributed by atoms with van der Waals surface area (Å²) in [5.41, 5.74) is 4.19. The maximum absolute atomic E-state index is 10.8. The Morgan fingerprint density at radius 1 is 1.46 bits per heavy atom. The SMILES string of the molecule is C[C@](O)([CH]c1ccccc1)C(N)=O. The van der Waals surface area contributed by atoms with Crippen molar-refractivity contribution >= 4 is 5.91 Å². The first-order valence-electron chi connectivity index (χ1n) is 3.95. The van der Waals surface area contributed by atoms with Crippen LogP contribution in [0.4, 0.5) is 0 Å². The summed E-state index contributed by atoms with van der Waals surface area (Å²) in [7, 11) is 0. The van der Waals surface area contributed by atoms with Crippen LogP contribution in [0.2, 0.25) is 0 Å². The van der Waals surface area contributed by atoms with Gasteiger partial charge in [-0.25, -0.2) is 0 Å². The molecule has 3 heteroatoms. The second-order valence-electron chi connectivity index (χ2n) is 3.07. The maximum Gasteiger partial charge on any atom is 0.249 e. The number of carbonyl (C=O) groups is 1. The molecule has 0 aliphatic rings.